The molecule has 2 rings (SSSR count). The van der Waals surface area contributed by atoms with E-state index < -0.39 is 53.7 Å². The second-order valence-electron chi connectivity index (χ2n) is 16.5. The summed E-state index contributed by atoms with van der Waals surface area (Å²) < 4.78 is 10.7. The van der Waals surface area contributed by atoms with Gasteiger partial charge in [-0.15, -0.1) is 11.3 Å². The summed E-state index contributed by atoms with van der Waals surface area (Å²) in [6.07, 6.45) is -0.111. The van der Waals surface area contributed by atoms with Crippen LogP contribution in [0.1, 0.15) is 123 Å². The Morgan fingerprint density at radius 1 is 0.893 bits per heavy atom. The normalized spacial score (nSPS) is 15.5. The maximum absolute atomic E-state index is 14.2. The first-order chi connectivity index (χ1) is 26.1. The summed E-state index contributed by atoms with van der Waals surface area (Å²) in [5.74, 6) is -2.57. The van der Waals surface area contributed by atoms with Crippen molar-refractivity contribution >= 4 is 41.1 Å². The minimum atomic E-state index is -1.09. The summed E-state index contributed by atoms with van der Waals surface area (Å²) in [7, 11) is 3.18. The monoisotopic (exact) mass is 801 g/mol. The molecule has 0 saturated heterocycles. The van der Waals surface area contributed by atoms with Gasteiger partial charge in [-0.25, -0.2) is 9.78 Å². The Kier molecular flexibility index (Phi) is 18.9. The van der Waals surface area contributed by atoms with Crippen molar-refractivity contribution in [3.63, 3.8) is 0 Å². The second kappa shape index (κ2) is 22.0. The van der Waals surface area contributed by atoms with Gasteiger partial charge in [0, 0.05) is 38.0 Å². The van der Waals surface area contributed by atoms with Crippen LogP contribution in [0.4, 0.5) is 4.79 Å². The average molecular weight is 802 g/mol. The van der Waals surface area contributed by atoms with Crippen LogP contribution in [-0.2, 0) is 30.3 Å². The third kappa shape index (κ3) is 14.5. The summed E-state index contributed by atoms with van der Waals surface area (Å²) in [6, 6.07) is 7.07. The smallest absolute Gasteiger partial charge is 0.410 e. The maximum Gasteiger partial charge on any atom is 0.410 e. The van der Waals surface area contributed by atoms with E-state index in [0.717, 1.165) is 16.9 Å². The predicted molar refractivity (Wildman–Crippen MR) is 219 cm³/mol. The predicted octanol–water partition coefficient (Wildman–Crippen LogP) is 6.40. The lowest BCUT2D eigenvalue weighted by Gasteiger charge is -2.38. The molecule has 0 radical (unpaired) electrons. The molecule has 7 atom stereocenters. The molecule has 0 aliphatic rings. The van der Waals surface area contributed by atoms with Gasteiger partial charge in [0.15, 0.2) is 0 Å². The minimum Gasteiger partial charge on any atom is -0.466 e. The molecule has 0 fully saturated rings. The molecule has 314 valence electrons. The molecule has 7 unspecified atom stereocenters. The van der Waals surface area contributed by atoms with Gasteiger partial charge in [-0.3, -0.25) is 24.1 Å². The molecule has 2 aromatic rings. The second-order valence-corrected chi connectivity index (χ2v) is 17.4. The van der Waals surface area contributed by atoms with Gasteiger partial charge in [-0.05, 0) is 63.9 Å². The number of hydrogen-bond acceptors (Lipinski definition) is 10. The molecular formula is C42H67N5O8S. The number of aromatic nitrogens is 1. The van der Waals surface area contributed by atoms with Crippen LogP contribution in [0.3, 0.4) is 0 Å². The number of likely N-dealkylation sites (N-methyl/N-ethyl adjacent to an activating group) is 2. The number of rotatable bonds is 20. The highest BCUT2D eigenvalue weighted by Gasteiger charge is 2.38. The van der Waals surface area contributed by atoms with Crippen molar-refractivity contribution in [3.8, 4) is 0 Å². The molecule has 0 bridgehead atoms. The molecule has 0 spiro atoms. The fraction of sp³-hybridized carbons (Fsp3) is 0.667. The fourth-order valence-corrected chi connectivity index (χ4v) is 7.39. The molecule has 1 heterocycles. The van der Waals surface area contributed by atoms with E-state index in [9.17, 15) is 29.1 Å². The third-order valence-corrected chi connectivity index (χ3v) is 10.8. The van der Waals surface area contributed by atoms with Gasteiger partial charge >= 0.3 is 12.1 Å². The number of carbonyl (C=O) groups excluding carboxylic acids is 5. The largest absolute Gasteiger partial charge is 0.466 e. The van der Waals surface area contributed by atoms with Gasteiger partial charge in [-0.1, -0.05) is 85.2 Å². The molecule has 14 heteroatoms. The zero-order chi connectivity index (χ0) is 42.5. The van der Waals surface area contributed by atoms with E-state index >= 15 is 0 Å². The molecule has 3 N–H and O–H groups in total. The third-order valence-electron chi connectivity index (χ3n) is 9.88. The van der Waals surface area contributed by atoms with E-state index in [1.807, 2.05) is 71.9 Å². The molecule has 1 aromatic heterocycles. The van der Waals surface area contributed by atoms with E-state index in [4.69, 9.17) is 9.47 Å². The summed E-state index contributed by atoms with van der Waals surface area (Å²) in [6.45, 7) is 20.5. The molecule has 0 saturated carbocycles. The first kappa shape index (κ1) is 48.1. The van der Waals surface area contributed by atoms with E-state index in [-0.39, 0.29) is 54.4 Å². The molecule has 13 nitrogen and oxygen atoms in total. The van der Waals surface area contributed by atoms with Crippen molar-refractivity contribution in [1.29, 1.82) is 0 Å². The van der Waals surface area contributed by atoms with Crippen LogP contribution in [0.25, 0.3) is 0 Å². The van der Waals surface area contributed by atoms with Crippen molar-refractivity contribution in [2.75, 3.05) is 20.7 Å². The molecule has 56 heavy (non-hydrogen) atoms. The highest BCUT2D eigenvalue weighted by atomic mass is 32.1. The number of benzene rings is 1. The molecule has 1 aromatic carbocycles. The topological polar surface area (TPSA) is 167 Å². The lowest BCUT2D eigenvalue weighted by Crippen LogP contribution is -2.59. The van der Waals surface area contributed by atoms with Gasteiger partial charge in [0.1, 0.15) is 34.5 Å². The highest BCUT2D eigenvalue weighted by molar-refractivity contribution is 7.09. The first-order valence-electron chi connectivity index (χ1n) is 19.8. The number of hydrogen-bond donors (Lipinski definition) is 3. The lowest BCUT2D eigenvalue weighted by molar-refractivity contribution is -0.147. The van der Waals surface area contributed by atoms with Gasteiger partial charge in [0.05, 0.1) is 12.5 Å². The van der Waals surface area contributed by atoms with Crippen molar-refractivity contribution in [2.24, 2.45) is 23.7 Å². The summed E-state index contributed by atoms with van der Waals surface area (Å²) in [5.41, 5.74) is 0.401. The zero-order valence-electron chi connectivity index (χ0n) is 35.8. The standard InChI is InChI=1S/C42H67N5O8S/c1-14-27(7)34(45-37(50)35(26(5)6)47(13)41(53)55-42(9,10)11)39(51)46(12)32(25(3)4)23-33(48)38-44-31(24-56-38)36(49)43-30(21-28(8)40(52)54-15-2)22-29-19-17-16-18-20-29/h16-20,24-28,30,32-35,48H,14-15,21-23H2,1-13H3,(H,43,49)(H,45,50). The fourth-order valence-electron chi connectivity index (χ4n) is 6.59. The van der Waals surface area contributed by atoms with Gasteiger partial charge in [-0.2, -0.15) is 0 Å². The van der Waals surface area contributed by atoms with Crippen molar-refractivity contribution < 1.29 is 38.6 Å². The van der Waals surface area contributed by atoms with Crippen LogP contribution >= 0.6 is 11.3 Å². The van der Waals surface area contributed by atoms with E-state index in [2.05, 4.69) is 15.6 Å². The summed E-state index contributed by atoms with van der Waals surface area (Å²) >= 11 is 1.15. The Morgan fingerprint density at radius 3 is 2.05 bits per heavy atom. The quantitative estimate of drug-likeness (QED) is 0.128. The first-order valence-corrected chi connectivity index (χ1v) is 20.7. The lowest BCUT2D eigenvalue weighted by atomic mass is 9.92. The summed E-state index contributed by atoms with van der Waals surface area (Å²) in [5, 5.41) is 19.4. The van der Waals surface area contributed by atoms with Crippen LogP contribution < -0.4 is 10.6 Å². The van der Waals surface area contributed by atoms with Gasteiger partial charge in [0.2, 0.25) is 11.8 Å². The number of nitrogens with one attached hydrogen (secondary N) is 2. The van der Waals surface area contributed by atoms with E-state index in [1.165, 1.54) is 11.9 Å². The Labute approximate surface area is 338 Å². The Balaban J connectivity index is 2.25. The number of thiazole rings is 1. The van der Waals surface area contributed by atoms with Crippen molar-refractivity contribution in [1.82, 2.24) is 25.4 Å². The number of esters is 1. The highest BCUT2D eigenvalue weighted by Crippen LogP contribution is 2.28. The molecule has 0 aliphatic heterocycles. The minimum absolute atomic E-state index is 0.0866. The molecule has 0 aliphatic carbocycles. The zero-order valence-corrected chi connectivity index (χ0v) is 36.6. The Morgan fingerprint density at radius 2 is 1.52 bits per heavy atom. The van der Waals surface area contributed by atoms with Gasteiger partial charge < -0.3 is 30.1 Å². The maximum atomic E-state index is 14.2. The number of aliphatic hydroxyl groups excluding tert-OH is 1. The van der Waals surface area contributed by atoms with Crippen molar-refractivity contribution in [2.45, 2.75) is 138 Å². The molecule has 4 amide bonds. The van der Waals surface area contributed by atoms with Crippen LogP contribution in [0, 0.1) is 23.7 Å². The molecular weight excluding hydrogens is 735 g/mol. The van der Waals surface area contributed by atoms with Crippen LogP contribution in [0.2, 0.25) is 0 Å². The Bertz CT molecular complexity index is 1580. The average Bonchev–Trinajstić information content (AvgIpc) is 3.62. The Hall–Kier alpha value is -4.04. The van der Waals surface area contributed by atoms with Crippen LogP contribution in [0.15, 0.2) is 35.7 Å². The number of carbonyl (C=O) groups is 5. The number of aliphatic hydroxyl groups is 1. The van der Waals surface area contributed by atoms with Crippen LogP contribution in [-0.4, -0.2) is 100 Å². The number of ether oxygens (including phenoxy) is 2. The van der Waals surface area contributed by atoms with E-state index in [1.54, 1.807) is 51.9 Å². The van der Waals surface area contributed by atoms with Crippen molar-refractivity contribution in [3.05, 3.63) is 52.0 Å². The summed E-state index contributed by atoms with van der Waals surface area (Å²) in [4.78, 5) is 74.2. The van der Waals surface area contributed by atoms with E-state index in [0.29, 0.717) is 24.3 Å². The number of amides is 4. The van der Waals surface area contributed by atoms with Crippen LogP contribution in [0.5, 0.6) is 0 Å². The SMILES string of the molecule is CCOC(=O)C(C)CC(Cc1ccccc1)NC(=O)c1csc(C(O)CC(C(C)C)N(C)C(=O)C(NC(=O)C(C(C)C)N(C)C(=O)OC(C)(C)C)C(C)CC)n1. The number of nitrogens with zero attached hydrogens (tertiary/aromatic N) is 3. The van der Waals surface area contributed by atoms with Gasteiger partial charge in [0.25, 0.3) is 5.91 Å².